The lowest BCUT2D eigenvalue weighted by Gasteiger charge is -2.04. The van der Waals surface area contributed by atoms with E-state index in [1.165, 1.54) is 5.56 Å². The zero-order chi connectivity index (χ0) is 13.5. The molecule has 2 aromatic rings. The smallest absolute Gasteiger partial charge is 0.0735 e. The van der Waals surface area contributed by atoms with Crippen LogP contribution in [0.5, 0.6) is 0 Å². The highest BCUT2D eigenvalue weighted by atomic mass is 79.9. The molecule has 0 aliphatic heterocycles. The van der Waals surface area contributed by atoms with Gasteiger partial charge in [-0.15, -0.1) is 0 Å². The largest absolute Gasteiger partial charge is 0.373 e. The van der Waals surface area contributed by atoms with Gasteiger partial charge in [-0.05, 0) is 23.3 Å². The summed E-state index contributed by atoms with van der Waals surface area (Å²) in [5, 5.41) is 0.724. The highest BCUT2D eigenvalue weighted by Gasteiger charge is 2.00. The third-order valence-electron chi connectivity index (χ3n) is 2.60. The molecule has 0 aromatic heterocycles. The van der Waals surface area contributed by atoms with Crippen LogP contribution in [0.4, 0.5) is 0 Å². The normalized spacial score (nSPS) is 11.1. The molecule has 0 radical (unpaired) electrons. The Morgan fingerprint density at radius 3 is 2.63 bits per heavy atom. The summed E-state index contributed by atoms with van der Waals surface area (Å²) in [5.74, 6) is 0. The number of ether oxygens (including phenoxy) is 1. The monoisotopic (exact) mass is 336 g/mol. The second-order valence-electron chi connectivity index (χ2n) is 4.06. The van der Waals surface area contributed by atoms with E-state index >= 15 is 0 Å². The second kappa shape index (κ2) is 7.49. The molecule has 0 bridgehead atoms. The van der Waals surface area contributed by atoms with Crippen molar-refractivity contribution in [2.24, 2.45) is 0 Å². The number of halogens is 2. The lowest BCUT2D eigenvalue weighted by atomic mass is 10.2. The molecule has 98 valence electrons. The van der Waals surface area contributed by atoms with E-state index in [1.54, 1.807) is 0 Å². The summed E-state index contributed by atoms with van der Waals surface area (Å²) < 4.78 is 6.55. The Labute approximate surface area is 127 Å². The van der Waals surface area contributed by atoms with Gasteiger partial charge in [0.05, 0.1) is 13.2 Å². The molecule has 0 fully saturated rings. The van der Waals surface area contributed by atoms with Gasteiger partial charge in [-0.25, -0.2) is 0 Å². The van der Waals surface area contributed by atoms with Crippen molar-refractivity contribution in [1.82, 2.24) is 0 Å². The minimum Gasteiger partial charge on any atom is -0.373 e. The third-order valence-corrected chi connectivity index (χ3v) is 3.44. The molecule has 0 saturated heterocycles. The van der Waals surface area contributed by atoms with E-state index in [-0.39, 0.29) is 0 Å². The molecule has 2 rings (SSSR count). The average Bonchev–Trinajstić information content (AvgIpc) is 2.42. The van der Waals surface area contributed by atoms with Crippen LogP contribution in [0.1, 0.15) is 11.1 Å². The van der Waals surface area contributed by atoms with Gasteiger partial charge < -0.3 is 4.74 Å². The number of hydrogen-bond donors (Lipinski definition) is 0. The van der Waals surface area contributed by atoms with Crippen LogP contribution in [0.3, 0.4) is 0 Å². The van der Waals surface area contributed by atoms with E-state index in [4.69, 9.17) is 16.3 Å². The fraction of sp³-hybridized carbons (Fsp3) is 0.125. The molecule has 0 aliphatic carbocycles. The van der Waals surface area contributed by atoms with E-state index in [2.05, 4.69) is 28.1 Å². The predicted molar refractivity (Wildman–Crippen MR) is 84.3 cm³/mol. The number of rotatable bonds is 5. The summed E-state index contributed by atoms with van der Waals surface area (Å²) in [7, 11) is 0. The SMILES string of the molecule is Clc1cc(Br)ccc1COC/C=C/c1ccccc1. The lowest BCUT2D eigenvalue weighted by Crippen LogP contribution is -1.93. The van der Waals surface area contributed by atoms with Crippen molar-refractivity contribution in [3.8, 4) is 0 Å². The van der Waals surface area contributed by atoms with Crippen LogP contribution in [0.25, 0.3) is 6.08 Å². The highest BCUT2D eigenvalue weighted by molar-refractivity contribution is 9.10. The minimum absolute atomic E-state index is 0.519. The molecular weight excluding hydrogens is 324 g/mol. The molecule has 3 heteroatoms. The van der Waals surface area contributed by atoms with Crippen molar-refractivity contribution in [1.29, 1.82) is 0 Å². The first-order valence-electron chi connectivity index (χ1n) is 5.99. The van der Waals surface area contributed by atoms with Crippen molar-refractivity contribution in [2.75, 3.05) is 6.61 Å². The van der Waals surface area contributed by atoms with E-state index < -0.39 is 0 Å². The molecule has 0 spiro atoms. The topological polar surface area (TPSA) is 9.23 Å². The average molecular weight is 338 g/mol. The molecule has 1 nitrogen and oxygen atoms in total. The maximum atomic E-state index is 6.11. The standard InChI is InChI=1S/C16H14BrClO/c17-15-9-8-14(16(18)11-15)12-19-10-4-7-13-5-2-1-3-6-13/h1-9,11H,10,12H2/b7-4+. The van der Waals surface area contributed by atoms with Crippen LogP contribution in [-0.2, 0) is 11.3 Å². The van der Waals surface area contributed by atoms with E-state index in [0.717, 1.165) is 15.1 Å². The molecular formula is C16H14BrClO. The van der Waals surface area contributed by atoms with Gasteiger partial charge in [0.1, 0.15) is 0 Å². The van der Waals surface area contributed by atoms with Gasteiger partial charge in [-0.2, -0.15) is 0 Å². The molecule has 0 aliphatic rings. The first kappa shape index (κ1) is 14.3. The summed E-state index contributed by atoms with van der Waals surface area (Å²) in [4.78, 5) is 0. The third kappa shape index (κ3) is 4.83. The fourth-order valence-corrected chi connectivity index (χ4v) is 2.35. The summed E-state index contributed by atoms with van der Waals surface area (Å²) in [6.45, 7) is 1.09. The molecule has 0 saturated carbocycles. The first-order chi connectivity index (χ1) is 9.25. The van der Waals surface area contributed by atoms with Crippen molar-refractivity contribution >= 4 is 33.6 Å². The van der Waals surface area contributed by atoms with E-state index in [0.29, 0.717) is 13.2 Å². The number of benzene rings is 2. The van der Waals surface area contributed by atoms with Crippen LogP contribution >= 0.6 is 27.5 Å². The van der Waals surface area contributed by atoms with Crippen molar-refractivity contribution in [2.45, 2.75) is 6.61 Å². The van der Waals surface area contributed by atoms with Crippen molar-refractivity contribution in [3.63, 3.8) is 0 Å². The predicted octanol–water partition coefficient (Wildman–Crippen LogP) is 5.33. The van der Waals surface area contributed by atoms with Crippen LogP contribution < -0.4 is 0 Å². The Hall–Kier alpha value is -1.09. The molecule has 0 atom stereocenters. The van der Waals surface area contributed by atoms with Crippen molar-refractivity contribution in [3.05, 3.63) is 75.2 Å². The molecule has 0 amide bonds. The second-order valence-corrected chi connectivity index (χ2v) is 5.39. The maximum absolute atomic E-state index is 6.11. The van der Waals surface area contributed by atoms with Crippen LogP contribution in [0, 0.1) is 0 Å². The quantitative estimate of drug-likeness (QED) is 0.670. The molecule has 2 aromatic carbocycles. The van der Waals surface area contributed by atoms with Crippen molar-refractivity contribution < 1.29 is 4.74 Å². The van der Waals surface area contributed by atoms with Gasteiger partial charge in [0.2, 0.25) is 0 Å². The number of hydrogen-bond acceptors (Lipinski definition) is 1. The fourth-order valence-electron chi connectivity index (χ4n) is 1.62. The zero-order valence-corrected chi connectivity index (χ0v) is 12.7. The van der Waals surface area contributed by atoms with Crippen LogP contribution in [0.2, 0.25) is 5.02 Å². The van der Waals surface area contributed by atoms with Gasteiger partial charge in [-0.3, -0.25) is 0 Å². The van der Waals surface area contributed by atoms with Gasteiger partial charge in [0, 0.05) is 9.50 Å². The minimum atomic E-state index is 0.519. The Morgan fingerprint density at radius 1 is 1.11 bits per heavy atom. The summed E-state index contributed by atoms with van der Waals surface area (Å²) >= 11 is 9.49. The van der Waals surface area contributed by atoms with Crippen LogP contribution in [-0.4, -0.2) is 6.61 Å². The summed E-state index contributed by atoms with van der Waals surface area (Å²) in [6, 6.07) is 16.0. The zero-order valence-electron chi connectivity index (χ0n) is 10.4. The lowest BCUT2D eigenvalue weighted by molar-refractivity contribution is 0.149. The van der Waals surface area contributed by atoms with Crippen LogP contribution in [0.15, 0.2) is 59.1 Å². The first-order valence-corrected chi connectivity index (χ1v) is 7.16. The van der Waals surface area contributed by atoms with Gasteiger partial charge in [-0.1, -0.05) is 76.1 Å². The summed E-state index contributed by atoms with van der Waals surface area (Å²) in [6.07, 6.45) is 4.05. The Bertz CT molecular complexity index is 552. The molecule has 0 heterocycles. The van der Waals surface area contributed by atoms with Gasteiger partial charge in [0.25, 0.3) is 0 Å². The van der Waals surface area contributed by atoms with E-state index in [1.807, 2.05) is 48.6 Å². The van der Waals surface area contributed by atoms with E-state index in [9.17, 15) is 0 Å². The molecule has 0 N–H and O–H groups in total. The highest BCUT2D eigenvalue weighted by Crippen LogP contribution is 2.21. The van der Waals surface area contributed by atoms with Gasteiger partial charge in [0.15, 0.2) is 0 Å². The molecule has 0 unspecified atom stereocenters. The molecule has 19 heavy (non-hydrogen) atoms. The Balaban J connectivity index is 1.79. The summed E-state index contributed by atoms with van der Waals surface area (Å²) in [5.41, 5.74) is 2.17. The Kier molecular flexibility index (Phi) is 5.64. The van der Waals surface area contributed by atoms with Gasteiger partial charge >= 0.3 is 0 Å². The Morgan fingerprint density at radius 2 is 1.89 bits per heavy atom. The maximum Gasteiger partial charge on any atom is 0.0735 e.